The molecule has 1 saturated carbocycles. The molecule has 1 aliphatic carbocycles. The second-order valence-corrected chi connectivity index (χ2v) is 5.97. The van der Waals surface area contributed by atoms with Crippen molar-refractivity contribution in [3.63, 3.8) is 0 Å². The lowest BCUT2D eigenvalue weighted by atomic mass is 9.93. The molecule has 19 heavy (non-hydrogen) atoms. The maximum absolute atomic E-state index is 11.8. The molecular formula is C13H21N3O2S. The lowest BCUT2D eigenvalue weighted by molar-refractivity contribution is 0.0957. The highest BCUT2D eigenvalue weighted by Crippen LogP contribution is 2.24. The number of anilines is 1. The number of aromatic nitrogens is 1. The molecule has 1 aliphatic rings. The molecule has 0 aromatic carbocycles. The van der Waals surface area contributed by atoms with E-state index in [-0.39, 0.29) is 12.0 Å². The summed E-state index contributed by atoms with van der Waals surface area (Å²) in [6.45, 7) is 2.72. The second kappa shape index (κ2) is 6.86. The van der Waals surface area contributed by atoms with Gasteiger partial charge in [0.2, 0.25) is 0 Å². The van der Waals surface area contributed by atoms with Gasteiger partial charge in [-0.3, -0.25) is 4.79 Å². The average molecular weight is 283 g/mol. The summed E-state index contributed by atoms with van der Waals surface area (Å²) in [5, 5.41) is 16.4. The number of hydrogen-bond donors (Lipinski definition) is 3. The molecule has 0 atom stereocenters. The van der Waals surface area contributed by atoms with Crippen LogP contribution in [-0.4, -0.2) is 34.7 Å². The Labute approximate surface area is 117 Å². The molecule has 1 fully saturated rings. The molecule has 0 unspecified atom stereocenters. The molecule has 1 heterocycles. The van der Waals surface area contributed by atoms with Crippen LogP contribution in [0.15, 0.2) is 6.20 Å². The minimum absolute atomic E-state index is 0.0496. The summed E-state index contributed by atoms with van der Waals surface area (Å²) in [4.78, 5) is 16.6. The van der Waals surface area contributed by atoms with Crippen LogP contribution >= 0.6 is 11.3 Å². The third-order valence-electron chi connectivity index (χ3n) is 3.29. The molecule has 1 aromatic rings. The lowest BCUT2D eigenvalue weighted by Crippen LogP contribution is -2.28. The highest BCUT2D eigenvalue weighted by molar-refractivity contribution is 7.17. The molecule has 1 amide bonds. The number of thiazole rings is 1. The van der Waals surface area contributed by atoms with Gasteiger partial charge in [-0.2, -0.15) is 0 Å². The summed E-state index contributed by atoms with van der Waals surface area (Å²) in [6.07, 6.45) is 6.00. The van der Waals surface area contributed by atoms with E-state index in [4.69, 9.17) is 0 Å². The van der Waals surface area contributed by atoms with Crippen LogP contribution in [0.3, 0.4) is 0 Å². The fraction of sp³-hybridized carbons (Fsp3) is 0.692. The Balaban J connectivity index is 1.85. The van der Waals surface area contributed by atoms with E-state index in [2.05, 4.69) is 15.6 Å². The first kappa shape index (κ1) is 14.3. The number of rotatable bonds is 5. The van der Waals surface area contributed by atoms with Gasteiger partial charge in [-0.15, -0.1) is 0 Å². The van der Waals surface area contributed by atoms with E-state index in [0.717, 1.165) is 37.2 Å². The number of aliphatic hydroxyl groups excluding tert-OH is 1. The first-order valence-corrected chi connectivity index (χ1v) is 7.69. The second-order valence-electron chi connectivity index (χ2n) is 4.94. The number of carbonyl (C=O) groups excluding carboxylic acids is 1. The van der Waals surface area contributed by atoms with Crippen LogP contribution < -0.4 is 10.6 Å². The highest BCUT2D eigenvalue weighted by Gasteiger charge is 2.20. The standard InChI is InChI=1S/C13H21N3O2S/c1-2-7-14-12(18)11-8-15-13(19-11)16-9-3-5-10(17)6-4-9/h8-10,17H,2-7H2,1H3,(H,14,18)(H,15,16). The van der Waals surface area contributed by atoms with Crippen molar-refractivity contribution in [2.75, 3.05) is 11.9 Å². The van der Waals surface area contributed by atoms with Crippen molar-refractivity contribution in [2.24, 2.45) is 0 Å². The molecule has 106 valence electrons. The molecule has 0 bridgehead atoms. The number of carbonyl (C=O) groups is 1. The average Bonchev–Trinajstić information content (AvgIpc) is 2.87. The molecule has 0 spiro atoms. The van der Waals surface area contributed by atoms with Crippen LogP contribution in [0.4, 0.5) is 5.13 Å². The molecular weight excluding hydrogens is 262 g/mol. The Hall–Kier alpha value is -1.14. The fourth-order valence-corrected chi connectivity index (χ4v) is 2.98. The Bertz CT molecular complexity index is 414. The van der Waals surface area contributed by atoms with Crippen LogP contribution in [0.1, 0.15) is 48.7 Å². The van der Waals surface area contributed by atoms with Crippen molar-refractivity contribution in [3.05, 3.63) is 11.1 Å². The van der Waals surface area contributed by atoms with Crippen molar-refractivity contribution < 1.29 is 9.90 Å². The minimum atomic E-state index is -0.148. The summed E-state index contributed by atoms with van der Waals surface area (Å²) >= 11 is 1.39. The number of nitrogens with zero attached hydrogens (tertiary/aromatic N) is 1. The van der Waals surface area contributed by atoms with Crippen molar-refractivity contribution in [1.82, 2.24) is 10.3 Å². The van der Waals surface area contributed by atoms with Crippen LogP contribution in [-0.2, 0) is 0 Å². The Kier molecular flexibility index (Phi) is 5.15. The summed E-state index contributed by atoms with van der Waals surface area (Å²) < 4.78 is 0. The van der Waals surface area contributed by atoms with Crippen LogP contribution in [0.25, 0.3) is 0 Å². The van der Waals surface area contributed by atoms with E-state index in [0.29, 0.717) is 17.5 Å². The Morgan fingerprint density at radius 3 is 2.89 bits per heavy atom. The van der Waals surface area contributed by atoms with Gasteiger partial charge in [0.05, 0.1) is 12.3 Å². The van der Waals surface area contributed by atoms with Gasteiger partial charge in [0, 0.05) is 12.6 Å². The molecule has 0 aliphatic heterocycles. The Morgan fingerprint density at radius 2 is 2.21 bits per heavy atom. The number of hydrogen-bond acceptors (Lipinski definition) is 5. The number of nitrogens with one attached hydrogen (secondary N) is 2. The lowest BCUT2D eigenvalue weighted by Gasteiger charge is -2.25. The van der Waals surface area contributed by atoms with Gasteiger partial charge < -0.3 is 15.7 Å². The minimum Gasteiger partial charge on any atom is -0.393 e. The normalized spacial score (nSPS) is 23.1. The van der Waals surface area contributed by atoms with E-state index >= 15 is 0 Å². The van der Waals surface area contributed by atoms with Crippen molar-refractivity contribution in [1.29, 1.82) is 0 Å². The largest absolute Gasteiger partial charge is 0.393 e. The number of amides is 1. The summed E-state index contributed by atoms with van der Waals surface area (Å²) in [5.41, 5.74) is 0. The molecule has 3 N–H and O–H groups in total. The monoisotopic (exact) mass is 283 g/mol. The fourth-order valence-electron chi connectivity index (χ4n) is 2.17. The molecule has 5 nitrogen and oxygen atoms in total. The van der Waals surface area contributed by atoms with E-state index in [1.165, 1.54) is 11.3 Å². The zero-order valence-corrected chi connectivity index (χ0v) is 12.0. The maximum Gasteiger partial charge on any atom is 0.263 e. The van der Waals surface area contributed by atoms with Crippen molar-refractivity contribution >= 4 is 22.4 Å². The predicted octanol–water partition coefficient (Wildman–Crippen LogP) is 2.00. The molecule has 6 heteroatoms. The molecule has 0 saturated heterocycles. The van der Waals surface area contributed by atoms with Gasteiger partial charge >= 0.3 is 0 Å². The maximum atomic E-state index is 11.8. The van der Waals surface area contributed by atoms with Crippen LogP contribution in [0.2, 0.25) is 0 Å². The molecule has 0 radical (unpaired) electrons. The molecule has 1 aromatic heterocycles. The quantitative estimate of drug-likeness (QED) is 0.772. The number of aliphatic hydroxyl groups is 1. The van der Waals surface area contributed by atoms with E-state index in [1.54, 1.807) is 6.20 Å². The van der Waals surface area contributed by atoms with Gasteiger partial charge in [-0.25, -0.2) is 4.98 Å². The Morgan fingerprint density at radius 1 is 1.47 bits per heavy atom. The van der Waals surface area contributed by atoms with Crippen molar-refractivity contribution in [2.45, 2.75) is 51.2 Å². The first-order valence-electron chi connectivity index (χ1n) is 6.87. The summed E-state index contributed by atoms with van der Waals surface area (Å²) in [7, 11) is 0. The van der Waals surface area contributed by atoms with E-state index in [1.807, 2.05) is 6.92 Å². The van der Waals surface area contributed by atoms with Gasteiger partial charge in [0.1, 0.15) is 4.88 Å². The summed E-state index contributed by atoms with van der Waals surface area (Å²) in [5.74, 6) is -0.0496. The molecule has 2 rings (SSSR count). The van der Waals surface area contributed by atoms with Crippen LogP contribution in [0, 0.1) is 0 Å². The van der Waals surface area contributed by atoms with E-state index in [9.17, 15) is 9.90 Å². The van der Waals surface area contributed by atoms with E-state index < -0.39 is 0 Å². The van der Waals surface area contributed by atoms with Crippen molar-refractivity contribution in [3.8, 4) is 0 Å². The van der Waals surface area contributed by atoms with Gasteiger partial charge in [-0.1, -0.05) is 18.3 Å². The smallest absolute Gasteiger partial charge is 0.263 e. The van der Waals surface area contributed by atoms with Gasteiger partial charge in [0.15, 0.2) is 5.13 Å². The van der Waals surface area contributed by atoms with Gasteiger partial charge in [-0.05, 0) is 32.1 Å². The van der Waals surface area contributed by atoms with Crippen LogP contribution in [0.5, 0.6) is 0 Å². The summed E-state index contributed by atoms with van der Waals surface area (Å²) in [6, 6.07) is 0.362. The first-order chi connectivity index (χ1) is 9.19. The highest BCUT2D eigenvalue weighted by atomic mass is 32.1. The third-order valence-corrected chi connectivity index (χ3v) is 4.22. The zero-order valence-electron chi connectivity index (χ0n) is 11.2. The van der Waals surface area contributed by atoms with Gasteiger partial charge in [0.25, 0.3) is 5.91 Å². The predicted molar refractivity (Wildman–Crippen MR) is 76.6 cm³/mol. The topological polar surface area (TPSA) is 74.2 Å². The third kappa shape index (κ3) is 4.18. The SMILES string of the molecule is CCCNC(=O)c1cnc(NC2CCC(O)CC2)s1. The zero-order chi connectivity index (χ0) is 13.7.